The molecule has 10 heteroatoms. The van der Waals surface area contributed by atoms with Gasteiger partial charge in [-0.3, -0.25) is 18.6 Å². The van der Waals surface area contributed by atoms with E-state index in [2.05, 4.69) is 26.0 Å². The van der Waals surface area contributed by atoms with Crippen molar-refractivity contribution in [1.82, 2.24) is 0 Å². The van der Waals surface area contributed by atoms with Crippen molar-refractivity contribution in [1.29, 1.82) is 0 Å². The van der Waals surface area contributed by atoms with Crippen LogP contribution in [0, 0.1) is 0 Å². The van der Waals surface area contributed by atoms with Gasteiger partial charge in [-0.05, 0) is 38.5 Å². The molecule has 2 atom stereocenters. The molecule has 0 aliphatic heterocycles. The molecule has 0 aromatic heterocycles. The van der Waals surface area contributed by atoms with E-state index >= 15 is 0 Å². The highest BCUT2D eigenvalue weighted by Gasteiger charge is 2.26. The molecule has 0 radical (unpaired) electrons. The molecule has 0 rings (SSSR count). The Labute approximate surface area is 364 Å². The van der Waals surface area contributed by atoms with Crippen LogP contribution in [0.15, 0.2) is 12.2 Å². The first-order valence-corrected chi connectivity index (χ1v) is 26.7. The van der Waals surface area contributed by atoms with E-state index in [0.717, 1.165) is 38.5 Å². The van der Waals surface area contributed by atoms with Crippen LogP contribution in [0.5, 0.6) is 0 Å². The van der Waals surface area contributed by atoms with Crippen molar-refractivity contribution < 1.29 is 37.6 Å². The zero-order chi connectivity index (χ0) is 43.2. The molecule has 59 heavy (non-hydrogen) atoms. The standard InChI is InChI=1S/C49H96NO8P/c1-3-5-7-9-11-13-15-17-19-20-21-22-23-24-25-26-28-29-31-33-35-37-39-41-48(51)55-45-47(46-57-59(53,54)56-44-43-50)58-49(52)42-40-38-36-34-32-30-27-18-16-14-12-10-8-6-4-2/h32,34,47H,3-31,33,35-46,50H2,1-2H3,(H,53,54)/b34-32+/t47-/m0/s1. The van der Waals surface area contributed by atoms with Crippen LogP contribution >= 0.6 is 7.82 Å². The van der Waals surface area contributed by atoms with Crippen molar-refractivity contribution in [2.75, 3.05) is 26.4 Å². The number of hydrogen-bond acceptors (Lipinski definition) is 8. The van der Waals surface area contributed by atoms with E-state index in [1.54, 1.807) is 0 Å². The Kier molecular flexibility index (Phi) is 45.3. The Hall–Kier alpha value is -1.25. The summed E-state index contributed by atoms with van der Waals surface area (Å²) in [7, 11) is -4.38. The monoisotopic (exact) mass is 858 g/mol. The molecule has 0 aliphatic carbocycles. The number of phosphoric ester groups is 1. The average Bonchev–Trinajstić information content (AvgIpc) is 3.22. The minimum atomic E-state index is -4.38. The van der Waals surface area contributed by atoms with Gasteiger partial charge >= 0.3 is 19.8 Å². The number of hydrogen-bond donors (Lipinski definition) is 2. The predicted molar refractivity (Wildman–Crippen MR) is 248 cm³/mol. The maximum Gasteiger partial charge on any atom is 0.472 e. The van der Waals surface area contributed by atoms with Crippen molar-refractivity contribution in [3.63, 3.8) is 0 Å². The van der Waals surface area contributed by atoms with Crippen LogP contribution in [-0.4, -0.2) is 49.3 Å². The van der Waals surface area contributed by atoms with Gasteiger partial charge in [0, 0.05) is 19.4 Å². The van der Waals surface area contributed by atoms with Gasteiger partial charge in [0.2, 0.25) is 0 Å². The molecule has 9 nitrogen and oxygen atoms in total. The molecular weight excluding hydrogens is 762 g/mol. The third-order valence-corrected chi connectivity index (χ3v) is 12.1. The van der Waals surface area contributed by atoms with Gasteiger partial charge in [-0.25, -0.2) is 4.57 Å². The van der Waals surface area contributed by atoms with Crippen LogP contribution in [0.1, 0.15) is 258 Å². The van der Waals surface area contributed by atoms with E-state index in [-0.39, 0.29) is 38.6 Å². The summed E-state index contributed by atoms with van der Waals surface area (Å²) in [4.78, 5) is 35.0. The summed E-state index contributed by atoms with van der Waals surface area (Å²) >= 11 is 0. The third-order valence-electron chi connectivity index (χ3n) is 11.2. The Morgan fingerprint density at radius 2 is 0.831 bits per heavy atom. The van der Waals surface area contributed by atoms with E-state index in [1.807, 2.05) is 0 Å². The molecule has 0 saturated heterocycles. The summed E-state index contributed by atoms with van der Waals surface area (Å²) in [6.45, 7) is 3.76. The number of carbonyl (C=O) groups excluding carboxylic acids is 2. The first kappa shape index (κ1) is 57.8. The summed E-state index contributed by atoms with van der Waals surface area (Å²) in [5.74, 6) is -0.839. The molecule has 0 heterocycles. The Balaban J connectivity index is 3.99. The molecular formula is C49H96NO8P. The normalized spacial score (nSPS) is 13.2. The SMILES string of the molecule is CCCCCCCCCCC/C=C/CCCCC(=O)O[C@@H](COC(=O)CCCCCCCCCCCCCCCCCCCCCCCCC)COP(=O)(O)OCCN. The molecule has 0 spiro atoms. The topological polar surface area (TPSA) is 134 Å². The fourth-order valence-corrected chi connectivity index (χ4v) is 8.16. The Morgan fingerprint density at radius 3 is 1.24 bits per heavy atom. The second kappa shape index (κ2) is 46.3. The number of ether oxygens (including phenoxy) is 2. The average molecular weight is 858 g/mol. The number of nitrogens with two attached hydrogens (primary N) is 1. The van der Waals surface area contributed by atoms with Crippen molar-refractivity contribution in [3.8, 4) is 0 Å². The van der Waals surface area contributed by atoms with E-state index < -0.39 is 26.5 Å². The van der Waals surface area contributed by atoms with Crippen LogP contribution in [0.3, 0.4) is 0 Å². The number of carbonyl (C=O) groups is 2. The third kappa shape index (κ3) is 46.1. The molecule has 1 unspecified atom stereocenters. The van der Waals surface area contributed by atoms with Gasteiger partial charge in [-0.1, -0.05) is 219 Å². The molecule has 0 bridgehead atoms. The van der Waals surface area contributed by atoms with E-state index in [4.69, 9.17) is 24.3 Å². The maximum atomic E-state index is 12.6. The van der Waals surface area contributed by atoms with Gasteiger partial charge in [0.15, 0.2) is 6.10 Å². The van der Waals surface area contributed by atoms with Crippen LogP contribution in [0.25, 0.3) is 0 Å². The zero-order valence-electron chi connectivity index (χ0n) is 38.8. The number of allylic oxidation sites excluding steroid dienone is 2. The predicted octanol–water partition coefficient (Wildman–Crippen LogP) is 15.0. The summed E-state index contributed by atoms with van der Waals surface area (Å²) in [6, 6.07) is 0. The summed E-state index contributed by atoms with van der Waals surface area (Å²) in [5.41, 5.74) is 5.36. The number of unbranched alkanes of at least 4 members (excludes halogenated alkanes) is 33. The van der Waals surface area contributed by atoms with E-state index in [1.165, 1.54) is 186 Å². The second-order valence-corrected chi connectivity index (χ2v) is 18.5. The molecule has 0 aromatic carbocycles. The Bertz CT molecular complexity index is 980. The highest BCUT2D eigenvalue weighted by Crippen LogP contribution is 2.43. The van der Waals surface area contributed by atoms with Gasteiger partial charge in [-0.2, -0.15) is 0 Å². The fourth-order valence-electron chi connectivity index (χ4n) is 7.40. The highest BCUT2D eigenvalue weighted by molar-refractivity contribution is 7.47. The van der Waals surface area contributed by atoms with E-state index in [0.29, 0.717) is 6.42 Å². The highest BCUT2D eigenvalue weighted by atomic mass is 31.2. The molecule has 0 aromatic rings. The fraction of sp³-hybridized carbons (Fsp3) is 0.918. The number of rotatable bonds is 48. The lowest BCUT2D eigenvalue weighted by molar-refractivity contribution is -0.161. The molecule has 0 saturated carbocycles. The van der Waals surface area contributed by atoms with Crippen molar-refractivity contribution >= 4 is 19.8 Å². The van der Waals surface area contributed by atoms with E-state index in [9.17, 15) is 19.0 Å². The minimum absolute atomic E-state index is 0.0535. The van der Waals surface area contributed by atoms with Crippen LogP contribution < -0.4 is 5.73 Å². The van der Waals surface area contributed by atoms with Gasteiger partial charge in [0.25, 0.3) is 0 Å². The summed E-state index contributed by atoms with van der Waals surface area (Å²) < 4.78 is 32.9. The lowest BCUT2D eigenvalue weighted by Crippen LogP contribution is -2.29. The molecule has 0 amide bonds. The molecule has 0 fully saturated rings. The quantitative estimate of drug-likeness (QED) is 0.0265. The number of phosphoric acid groups is 1. The zero-order valence-corrected chi connectivity index (χ0v) is 39.7. The largest absolute Gasteiger partial charge is 0.472 e. The molecule has 0 aliphatic rings. The van der Waals surface area contributed by atoms with Crippen LogP contribution in [0.2, 0.25) is 0 Å². The van der Waals surface area contributed by atoms with Gasteiger partial charge < -0.3 is 20.1 Å². The molecule has 3 N–H and O–H groups in total. The first-order valence-electron chi connectivity index (χ1n) is 25.2. The van der Waals surface area contributed by atoms with Crippen molar-refractivity contribution in [3.05, 3.63) is 12.2 Å². The van der Waals surface area contributed by atoms with Gasteiger partial charge in [-0.15, -0.1) is 0 Å². The number of esters is 2. The first-order chi connectivity index (χ1) is 28.8. The Morgan fingerprint density at radius 1 is 0.492 bits per heavy atom. The molecule has 350 valence electrons. The lowest BCUT2D eigenvalue weighted by atomic mass is 10.0. The summed E-state index contributed by atoms with van der Waals surface area (Å²) in [5, 5.41) is 0. The smallest absolute Gasteiger partial charge is 0.462 e. The van der Waals surface area contributed by atoms with Crippen LogP contribution in [0.4, 0.5) is 0 Å². The van der Waals surface area contributed by atoms with Gasteiger partial charge in [0.05, 0.1) is 13.2 Å². The second-order valence-electron chi connectivity index (χ2n) is 17.0. The minimum Gasteiger partial charge on any atom is -0.462 e. The van der Waals surface area contributed by atoms with Crippen LogP contribution in [-0.2, 0) is 32.7 Å². The lowest BCUT2D eigenvalue weighted by Gasteiger charge is -2.19. The van der Waals surface area contributed by atoms with Gasteiger partial charge in [0.1, 0.15) is 6.61 Å². The van der Waals surface area contributed by atoms with Crippen molar-refractivity contribution in [2.45, 2.75) is 264 Å². The van der Waals surface area contributed by atoms with Crippen molar-refractivity contribution in [2.24, 2.45) is 5.73 Å². The maximum absolute atomic E-state index is 12.6. The summed E-state index contributed by atoms with van der Waals surface area (Å²) in [6.07, 6.45) is 49.7.